The lowest BCUT2D eigenvalue weighted by atomic mass is 10.0. The van der Waals surface area contributed by atoms with Gasteiger partial charge in [0, 0.05) is 21.7 Å². The highest BCUT2D eigenvalue weighted by molar-refractivity contribution is 9.10. The van der Waals surface area contributed by atoms with Crippen molar-refractivity contribution in [2.45, 2.75) is 12.5 Å². The molecule has 0 bridgehead atoms. The van der Waals surface area contributed by atoms with Crippen LogP contribution in [0.3, 0.4) is 0 Å². The number of hydrogen-bond acceptors (Lipinski definition) is 4. The van der Waals surface area contributed by atoms with Crippen LogP contribution in [0.2, 0.25) is 0 Å². The number of rotatable bonds is 4. The smallest absolute Gasteiger partial charge is 0.136 e. The summed E-state index contributed by atoms with van der Waals surface area (Å²) in [5.41, 5.74) is 0.750. The first kappa shape index (κ1) is 14.1. The number of aromatic nitrogens is 1. The van der Waals surface area contributed by atoms with Crippen molar-refractivity contribution < 1.29 is 9.52 Å². The van der Waals surface area contributed by atoms with Crippen LogP contribution in [0, 0.1) is 0 Å². The quantitative estimate of drug-likeness (QED) is 0.751. The van der Waals surface area contributed by atoms with E-state index >= 15 is 0 Å². The number of nitrogens with zero attached hydrogens (tertiary/aromatic N) is 1. The van der Waals surface area contributed by atoms with Crippen LogP contribution in [-0.2, 0) is 5.60 Å². The third kappa shape index (κ3) is 2.94. The van der Waals surface area contributed by atoms with Crippen molar-refractivity contribution in [3.8, 4) is 0 Å². The fourth-order valence-electron chi connectivity index (χ4n) is 2.21. The van der Waals surface area contributed by atoms with Crippen LogP contribution < -0.4 is 5.32 Å². The van der Waals surface area contributed by atoms with Gasteiger partial charge >= 0.3 is 0 Å². The number of pyridine rings is 1. The standard InChI is InChI=1S/C16H15BrN2O2/c1-16(20,15-3-2-8-21-15)10-19-13-6-7-18-14-9-11(17)4-5-12(13)14/h2-9,20H,10H2,1H3,(H,18,19). The molecule has 3 rings (SSSR count). The first-order valence-corrected chi connectivity index (χ1v) is 7.40. The second-order valence-corrected chi connectivity index (χ2v) is 6.04. The minimum atomic E-state index is -1.07. The van der Waals surface area contributed by atoms with Crippen LogP contribution in [0.1, 0.15) is 12.7 Å². The van der Waals surface area contributed by atoms with Gasteiger partial charge in [-0.2, -0.15) is 0 Å². The number of hydrogen-bond donors (Lipinski definition) is 2. The number of halogens is 1. The van der Waals surface area contributed by atoms with Gasteiger partial charge in [0.1, 0.15) is 11.4 Å². The maximum absolute atomic E-state index is 10.5. The predicted molar refractivity (Wildman–Crippen MR) is 86.2 cm³/mol. The topological polar surface area (TPSA) is 58.3 Å². The normalized spacial score (nSPS) is 14.0. The van der Waals surface area contributed by atoms with Crippen LogP contribution in [0.15, 0.2) is 57.7 Å². The van der Waals surface area contributed by atoms with Gasteiger partial charge in [0.2, 0.25) is 0 Å². The van der Waals surface area contributed by atoms with Crippen molar-refractivity contribution in [2.24, 2.45) is 0 Å². The molecule has 0 aliphatic rings. The summed E-state index contributed by atoms with van der Waals surface area (Å²) in [6, 6.07) is 11.4. The number of anilines is 1. The number of benzene rings is 1. The highest BCUT2D eigenvalue weighted by atomic mass is 79.9. The van der Waals surface area contributed by atoms with Crippen LogP contribution >= 0.6 is 15.9 Å². The molecule has 21 heavy (non-hydrogen) atoms. The van der Waals surface area contributed by atoms with Crippen LogP contribution in [-0.4, -0.2) is 16.6 Å². The summed E-state index contributed by atoms with van der Waals surface area (Å²) in [5.74, 6) is 0.538. The highest BCUT2D eigenvalue weighted by Gasteiger charge is 2.26. The zero-order valence-corrected chi connectivity index (χ0v) is 13.1. The van der Waals surface area contributed by atoms with E-state index < -0.39 is 5.60 Å². The van der Waals surface area contributed by atoms with Gasteiger partial charge in [-0.15, -0.1) is 0 Å². The fraction of sp³-hybridized carbons (Fsp3) is 0.188. The second kappa shape index (κ2) is 5.50. The van der Waals surface area contributed by atoms with Gasteiger partial charge < -0.3 is 14.8 Å². The minimum absolute atomic E-state index is 0.343. The van der Waals surface area contributed by atoms with Gasteiger partial charge in [-0.05, 0) is 43.3 Å². The molecule has 0 amide bonds. The van der Waals surface area contributed by atoms with Crippen molar-refractivity contribution in [1.82, 2.24) is 4.98 Å². The summed E-state index contributed by atoms with van der Waals surface area (Å²) in [4.78, 5) is 4.35. The zero-order valence-electron chi connectivity index (χ0n) is 11.5. The van der Waals surface area contributed by atoms with Crippen LogP contribution in [0.4, 0.5) is 5.69 Å². The summed E-state index contributed by atoms with van der Waals surface area (Å²) in [5, 5.41) is 14.8. The Balaban J connectivity index is 1.86. The molecule has 0 aliphatic carbocycles. The van der Waals surface area contributed by atoms with Gasteiger partial charge in [0.25, 0.3) is 0 Å². The molecule has 1 aromatic carbocycles. The zero-order chi connectivity index (χ0) is 14.9. The van der Waals surface area contributed by atoms with E-state index in [9.17, 15) is 5.11 Å². The molecule has 2 aromatic heterocycles. The lowest BCUT2D eigenvalue weighted by Crippen LogP contribution is -2.30. The molecule has 0 spiro atoms. The first-order chi connectivity index (χ1) is 10.1. The Hall–Kier alpha value is -1.85. The molecular formula is C16H15BrN2O2. The number of furan rings is 1. The molecule has 2 N–H and O–H groups in total. The monoisotopic (exact) mass is 346 g/mol. The van der Waals surface area contributed by atoms with Gasteiger partial charge in [-0.3, -0.25) is 4.98 Å². The number of aliphatic hydroxyl groups is 1. The van der Waals surface area contributed by atoms with E-state index in [0.717, 1.165) is 21.1 Å². The van der Waals surface area contributed by atoms with E-state index in [1.54, 1.807) is 31.5 Å². The molecule has 0 aliphatic heterocycles. The molecule has 0 fully saturated rings. The van der Waals surface area contributed by atoms with Crippen molar-refractivity contribution in [3.63, 3.8) is 0 Å². The molecule has 0 saturated heterocycles. The maximum Gasteiger partial charge on any atom is 0.136 e. The van der Waals surface area contributed by atoms with Crippen molar-refractivity contribution in [2.75, 3.05) is 11.9 Å². The van der Waals surface area contributed by atoms with E-state index in [0.29, 0.717) is 12.3 Å². The summed E-state index contributed by atoms with van der Waals surface area (Å²) in [6.45, 7) is 2.06. The number of fused-ring (bicyclic) bond motifs is 1. The minimum Gasteiger partial charge on any atom is -0.466 e. The van der Waals surface area contributed by atoms with E-state index in [4.69, 9.17) is 4.42 Å². The molecule has 0 saturated carbocycles. The Bertz CT molecular complexity index is 754. The molecule has 108 valence electrons. The lowest BCUT2D eigenvalue weighted by molar-refractivity contribution is 0.0477. The average Bonchev–Trinajstić information content (AvgIpc) is 2.99. The Morgan fingerprint density at radius 1 is 1.33 bits per heavy atom. The SMILES string of the molecule is CC(O)(CNc1ccnc2cc(Br)ccc12)c1ccco1. The van der Waals surface area contributed by atoms with Gasteiger partial charge in [-0.25, -0.2) is 0 Å². The molecule has 2 heterocycles. The Labute approximate surface area is 130 Å². The van der Waals surface area contributed by atoms with Gasteiger partial charge in [-0.1, -0.05) is 15.9 Å². The fourth-order valence-corrected chi connectivity index (χ4v) is 2.56. The predicted octanol–water partition coefficient (Wildman–Crippen LogP) is 3.91. The molecule has 3 aromatic rings. The van der Waals surface area contributed by atoms with Crippen molar-refractivity contribution in [3.05, 3.63) is 59.1 Å². The van der Waals surface area contributed by atoms with E-state index in [2.05, 4.69) is 26.2 Å². The lowest BCUT2D eigenvalue weighted by Gasteiger charge is -2.22. The molecular weight excluding hydrogens is 332 g/mol. The van der Waals surface area contributed by atoms with E-state index in [1.807, 2.05) is 24.3 Å². The maximum atomic E-state index is 10.5. The molecule has 0 radical (unpaired) electrons. The van der Waals surface area contributed by atoms with Crippen LogP contribution in [0.5, 0.6) is 0 Å². The van der Waals surface area contributed by atoms with Gasteiger partial charge in [0.05, 0.1) is 18.3 Å². The molecule has 1 unspecified atom stereocenters. The summed E-state index contributed by atoms with van der Waals surface area (Å²) >= 11 is 3.44. The largest absolute Gasteiger partial charge is 0.466 e. The Morgan fingerprint density at radius 3 is 2.95 bits per heavy atom. The Kier molecular flexibility index (Phi) is 3.69. The summed E-state index contributed by atoms with van der Waals surface area (Å²) in [7, 11) is 0. The third-order valence-corrected chi connectivity index (χ3v) is 3.87. The van der Waals surface area contributed by atoms with E-state index in [-0.39, 0.29) is 0 Å². The first-order valence-electron chi connectivity index (χ1n) is 6.61. The summed E-state index contributed by atoms with van der Waals surface area (Å²) in [6.07, 6.45) is 3.31. The number of nitrogens with one attached hydrogen (secondary N) is 1. The third-order valence-electron chi connectivity index (χ3n) is 3.38. The van der Waals surface area contributed by atoms with Crippen LogP contribution in [0.25, 0.3) is 10.9 Å². The van der Waals surface area contributed by atoms with Crippen molar-refractivity contribution >= 4 is 32.5 Å². The van der Waals surface area contributed by atoms with Gasteiger partial charge in [0.15, 0.2) is 0 Å². The summed E-state index contributed by atoms with van der Waals surface area (Å²) < 4.78 is 6.27. The Morgan fingerprint density at radius 2 is 2.19 bits per heavy atom. The molecule has 5 heteroatoms. The average molecular weight is 347 g/mol. The molecule has 4 nitrogen and oxygen atoms in total. The van der Waals surface area contributed by atoms with Crippen molar-refractivity contribution in [1.29, 1.82) is 0 Å². The molecule has 1 atom stereocenters. The second-order valence-electron chi connectivity index (χ2n) is 5.12. The van der Waals surface area contributed by atoms with E-state index in [1.165, 1.54) is 0 Å². The highest BCUT2D eigenvalue weighted by Crippen LogP contribution is 2.27.